The number of furan rings is 1. The average Bonchev–Trinajstić information content (AvgIpc) is 2.70. The first-order valence-corrected chi connectivity index (χ1v) is 5.72. The van der Waals surface area contributed by atoms with E-state index in [4.69, 9.17) is 14.3 Å². The molecule has 1 aromatic rings. The lowest BCUT2D eigenvalue weighted by atomic mass is 9.80. The quantitative estimate of drug-likeness (QED) is 0.789. The van der Waals surface area contributed by atoms with E-state index >= 15 is 0 Å². The van der Waals surface area contributed by atoms with Crippen LogP contribution in [-0.2, 0) is 11.3 Å². The lowest BCUT2D eigenvalue weighted by Gasteiger charge is -2.40. The van der Waals surface area contributed by atoms with Crippen LogP contribution in [0.3, 0.4) is 0 Å². The lowest BCUT2D eigenvalue weighted by molar-refractivity contribution is -0.0697. The van der Waals surface area contributed by atoms with Crippen molar-refractivity contribution in [3.63, 3.8) is 0 Å². The molecule has 94 valence electrons. The maximum Gasteiger partial charge on any atom is 0.339 e. The fourth-order valence-electron chi connectivity index (χ4n) is 2.10. The van der Waals surface area contributed by atoms with Crippen LogP contribution in [0.2, 0.25) is 0 Å². The Kier molecular flexibility index (Phi) is 3.49. The minimum atomic E-state index is -0.958. The summed E-state index contributed by atoms with van der Waals surface area (Å²) in [4.78, 5) is 10.9. The molecule has 1 saturated carbocycles. The minimum Gasteiger partial charge on any atom is -0.478 e. The number of methoxy groups -OCH3 is 1. The second-order valence-corrected chi connectivity index (χ2v) is 4.41. The minimum absolute atomic E-state index is 0.0595. The van der Waals surface area contributed by atoms with E-state index in [9.17, 15) is 4.79 Å². The molecule has 1 aliphatic rings. The van der Waals surface area contributed by atoms with Crippen molar-refractivity contribution < 1.29 is 19.1 Å². The van der Waals surface area contributed by atoms with Gasteiger partial charge in [0.25, 0.3) is 0 Å². The van der Waals surface area contributed by atoms with E-state index in [1.54, 1.807) is 7.11 Å². The topological polar surface area (TPSA) is 71.7 Å². The third-order valence-corrected chi connectivity index (χ3v) is 3.41. The van der Waals surface area contributed by atoms with Gasteiger partial charge in [0.05, 0.1) is 18.4 Å². The number of ether oxygens (including phenoxy) is 1. The molecular formula is C12H17NO4. The molecule has 0 radical (unpaired) electrons. The van der Waals surface area contributed by atoms with Gasteiger partial charge in [-0.3, -0.25) is 0 Å². The molecule has 0 amide bonds. The zero-order valence-electron chi connectivity index (χ0n) is 9.86. The number of carboxylic acid groups (broad SMARTS) is 1. The SMILES string of the molecule is COC1(CNCc2occc2C(=O)O)CCC1. The van der Waals surface area contributed by atoms with Crippen LogP contribution < -0.4 is 5.32 Å². The molecule has 5 heteroatoms. The summed E-state index contributed by atoms with van der Waals surface area (Å²) in [5.74, 6) is -0.497. The Morgan fingerprint density at radius 3 is 2.94 bits per heavy atom. The number of carboxylic acids is 1. The number of aromatic carboxylic acids is 1. The number of rotatable bonds is 6. The first-order chi connectivity index (χ1) is 8.17. The first-order valence-electron chi connectivity index (χ1n) is 5.72. The van der Waals surface area contributed by atoms with Crippen molar-refractivity contribution in [3.05, 3.63) is 23.7 Å². The molecule has 0 saturated heterocycles. The Hall–Kier alpha value is -1.33. The van der Waals surface area contributed by atoms with E-state index in [0.29, 0.717) is 12.3 Å². The van der Waals surface area contributed by atoms with Crippen LogP contribution in [0.25, 0.3) is 0 Å². The summed E-state index contributed by atoms with van der Waals surface area (Å²) < 4.78 is 10.6. The van der Waals surface area contributed by atoms with Crippen LogP contribution in [0.1, 0.15) is 35.4 Å². The Morgan fingerprint density at radius 1 is 1.65 bits per heavy atom. The molecule has 1 aliphatic carbocycles. The van der Waals surface area contributed by atoms with Gasteiger partial charge in [-0.2, -0.15) is 0 Å². The van der Waals surface area contributed by atoms with Crippen molar-refractivity contribution in [1.82, 2.24) is 5.32 Å². The molecule has 5 nitrogen and oxygen atoms in total. The highest BCUT2D eigenvalue weighted by Crippen LogP contribution is 2.34. The first kappa shape index (κ1) is 12.1. The Morgan fingerprint density at radius 2 is 2.41 bits per heavy atom. The van der Waals surface area contributed by atoms with Gasteiger partial charge in [-0.15, -0.1) is 0 Å². The monoisotopic (exact) mass is 239 g/mol. The van der Waals surface area contributed by atoms with Crippen molar-refractivity contribution in [1.29, 1.82) is 0 Å². The van der Waals surface area contributed by atoms with E-state index < -0.39 is 5.97 Å². The third kappa shape index (κ3) is 2.50. The van der Waals surface area contributed by atoms with Gasteiger partial charge < -0.3 is 19.6 Å². The highest BCUT2D eigenvalue weighted by Gasteiger charge is 2.36. The summed E-state index contributed by atoms with van der Waals surface area (Å²) in [6, 6.07) is 1.47. The highest BCUT2D eigenvalue weighted by atomic mass is 16.5. The molecule has 1 fully saturated rings. The average molecular weight is 239 g/mol. The van der Waals surface area contributed by atoms with Gasteiger partial charge in [0, 0.05) is 13.7 Å². The fraction of sp³-hybridized carbons (Fsp3) is 0.583. The smallest absolute Gasteiger partial charge is 0.339 e. The summed E-state index contributed by atoms with van der Waals surface area (Å²) in [5, 5.41) is 12.1. The lowest BCUT2D eigenvalue weighted by Crippen LogP contribution is -2.47. The molecule has 1 aromatic heterocycles. The fourth-order valence-corrected chi connectivity index (χ4v) is 2.10. The van der Waals surface area contributed by atoms with Crippen LogP contribution in [0, 0.1) is 0 Å². The van der Waals surface area contributed by atoms with E-state index in [1.807, 2.05) is 0 Å². The summed E-state index contributed by atoms with van der Waals surface area (Å²) in [6.07, 6.45) is 4.70. The predicted octanol–water partition coefficient (Wildman–Crippen LogP) is 1.64. The van der Waals surface area contributed by atoms with Crippen LogP contribution in [0.5, 0.6) is 0 Å². The largest absolute Gasteiger partial charge is 0.478 e. The molecule has 0 aliphatic heterocycles. The molecule has 2 rings (SSSR count). The van der Waals surface area contributed by atoms with Crippen LogP contribution >= 0.6 is 0 Å². The second kappa shape index (κ2) is 4.89. The number of carbonyl (C=O) groups is 1. The standard InChI is InChI=1S/C12H17NO4/c1-16-12(4-2-5-12)8-13-7-10-9(11(14)15)3-6-17-10/h3,6,13H,2,4-5,7-8H2,1H3,(H,14,15). The highest BCUT2D eigenvalue weighted by molar-refractivity contribution is 5.88. The Balaban J connectivity index is 1.85. The van der Waals surface area contributed by atoms with Crippen molar-refractivity contribution >= 4 is 5.97 Å². The summed E-state index contributed by atoms with van der Waals surface area (Å²) in [6.45, 7) is 1.14. The molecule has 0 spiro atoms. The zero-order chi connectivity index (χ0) is 12.3. The molecule has 2 N–H and O–H groups in total. The maximum atomic E-state index is 10.9. The van der Waals surface area contributed by atoms with Crippen molar-refractivity contribution in [3.8, 4) is 0 Å². The summed E-state index contributed by atoms with van der Waals surface area (Å²) in [7, 11) is 1.72. The van der Waals surface area contributed by atoms with Crippen LogP contribution in [0.4, 0.5) is 0 Å². The Bertz CT molecular complexity index is 389. The normalized spacial score (nSPS) is 17.7. The van der Waals surface area contributed by atoms with Crippen LogP contribution in [0.15, 0.2) is 16.7 Å². The maximum absolute atomic E-state index is 10.9. The van der Waals surface area contributed by atoms with Crippen molar-refractivity contribution in [2.45, 2.75) is 31.4 Å². The van der Waals surface area contributed by atoms with Crippen molar-refractivity contribution in [2.75, 3.05) is 13.7 Å². The van der Waals surface area contributed by atoms with Gasteiger partial charge in [0.15, 0.2) is 0 Å². The van der Waals surface area contributed by atoms with E-state index in [0.717, 1.165) is 19.4 Å². The Labute approximate surface area is 99.8 Å². The van der Waals surface area contributed by atoms with E-state index in [-0.39, 0.29) is 11.2 Å². The zero-order valence-corrected chi connectivity index (χ0v) is 9.86. The van der Waals surface area contributed by atoms with Gasteiger partial charge in [-0.05, 0) is 25.3 Å². The van der Waals surface area contributed by atoms with Crippen LogP contribution in [-0.4, -0.2) is 30.3 Å². The number of hydrogen-bond acceptors (Lipinski definition) is 4. The van der Waals surface area contributed by atoms with Gasteiger partial charge in [-0.1, -0.05) is 0 Å². The van der Waals surface area contributed by atoms with Crippen molar-refractivity contribution in [2.24, 2.45) is 0 Å². The van der Waals surface area contributed by atoms with Gasteiger partial charge in [0.1, 0.15) is 11.3 Å². The molecule has 0 bridgehead atoms. The third-order valence-electron chi connectivity index (χ3n) is 3.41. The van der Waals surface area contributed by atoms with Gasteiger partial charge >= 0.3 is 5.97 Å². The molecule has 17 heavy (non-hydrogen) atoms. The summed E-state index contributed by atoms with van der Waals surface area (Å²) in [5.41, 5.74) is 0.160. The molecule has 1 heterocycles. The van der Waals surface area contributed by atoms with Gasteiger partial charge in [-0.25, -0.2) is 4.79 Å². The van der Waals surface area contributed by atoms with Gasteiger partial charge in [0.2, 0.25) is 0 Å². The second-order valence-electron chi connectivity index (χ2n) is 4.41. The molecule has 0 aromatic carbocycles. The van der Waals surface area contributed by atoms with E-state index in [1.165, 1.54) is 18.8 Å². The molecule has 0 atom stereocenters. The molecule has 0 unspecified atom stereocenters. The van der Waals surface area contributed by atoms with E-state index in [2.05, 4.69) is 5.32 Å². The number of hydrogen-bond donors (Lipinski definition) is 2. The molecular weight excluding hydrogens is 222 g/mol. The number of nitrogens with one attached hydrogen (secondary N) is 1. The summed E-state index contributed by atoms with van der Waals surface area (Å²) >= 11 is 0. The predicted molar refractivity (Wildman–Crippen MR) is 61.0 cm³/mol.